The van der Waals surface area contributed by atoms with Gasteiger partial charge in [0.25, 0.3) is 5.91 Å². The lowest BCUT2D eigenvalue weighted by molar-refractivity contribution is 0.0818. The van der Waals surface area contributed by atoms with Crippen molar-refractivity contribution in [1.82, 2.24) is 0 Å². The quantitative estimate of drug-likeness (QED) is 0.637. The highest BCUT2D eigenvalue weighted by molar-refractivity contribution is 6.04. The maximum atomic E-state index is 12.5. The second-order valence-electron chi connectivity index (χ2n) is 6.34. The van der Waals surface area contributed by atoms with Crippen molar-refractivity contribution in [3.8, 4) is 5.75 Å². The number of rotatable bonds is 6. The predicted octanol–water partition coefficient (Wildman–Crippen LogP) is 4.90. The second-order valence-corrected chi connectivity index (χ2v) is 6.34. The summed E-state index contributed by atoms with van der Waals surface area (Å²) in [7, 11) is 0. The summed E-state index contributed by atoms with van der Waals surface area (Å²) in [6.07, 6.45) is -0.632. The van der Waals surface area contributed by atoms with E-state index in [-0.39, 0.29) is 11.7 Å². The minimum atomic E-state index is -0.632. The topological polar surface area (TPSA) is 55.4 Å². The molecule has 4 heteroatoms. The monoisotopic (exact) mass is 359 g/mol. The van der Waals surface area contributed by atoms with E-state index in [0.717, 1.165) is 5.56 Å². The van der Waals surface area contributed by atoms with Gasteiger partial charge in [-0.2, -0.15) is 0 Å². The summed E-state index contributed by atoms with van der Waals surface area (Å²) in [6.45, 7) is 3.70. The fourth-order valence-electron chi connectivity index (χ4n) is 2.65. The zero-order valence-electron chi connectivity index (χ0n) is 15.3. The molecule has 4 nitrogen and oxygen atoms in total. The Morgan fingerprint density at radius 2 is 1.56 bits per heavy atom. The first-order chi connectivity index (χ1) is 13.0. The van der Waals surface area contributed by atoms with Crippen LogP contribution in [0.1, 0.15) is 33.2 Å². The van der Waals surface area contributed by atoms with Crippen LogP contribution >= 0.6 is 0 Å². The first kappa shape index (κ1) is 18.4. The average molecular weight is 359 g/mol. The molecule has 3 aromatic rings. The second kappa shape index (κ2) is 8.32. The number of benzene rings is 3. The van der Waals surface area contributed by atoms with Crippen LogP contribution in [-0.2, 0) is 0 Å². The number of amides is 1. The van der Waals surface area contributed by atoms with Crippen molar-refractivity contribution in [1.29, 1.82) is 0 Å². The van der Waals surface area contributed by atoms with Crippen LogP contribution in [0.15, 0.2) is 78.9 Å². The minimum absolute atomic E-state index is 0.0891. The molecular formula is C23H21NO3. The first-order valence-corrected chi connectivity index (χ1v) is 8.77. The molecule has 0 aliphatic heterocycles. The van der Waals surface area contributed by atoms with Crippen molar-refractivity contribution < 1.29 is 14.3 Å². The van der Waals surface area contributed by atoms with E-state index < -0.39 is 6.10 Å². The van der Waals surface area contributed by atoms with E-state index in [4.69, 9.17) is 4.74 Å². The van der Waals surface area contributed by atoms with Crippen molar-refractivity contribution in [3.05, 3.63) is 95.6 Å². The van der Waals surface area contributed by atoms with Crippen molar-refractivity contribution >= 4 is 17.4 Å². The molecule has 3 rings (SSSR count). The molecule has 3 aromatic carbocycles. The Morgan fingerprint density at radius 3 is 2.26 bits per heavy atom. The number of anilines is 1. The van der Waals surface area contributed by atoms with Crippen molar-refractivity contribution in [2.75, 3.05) is 5.32 Å². The van der Waals surface area contributed by atoms with Crippen LogP contribution in [0.25, 0.3) is 0 Å². The SMILES string of the molecule is Cc1ccc(C(=O)[C@@H](C)Oc2cccc(NC(=O)c3ccccc3)c2)cc1. The number of ketones is 1. The van der Waals surface area contributed by atoms with Crippen LogP contribution in [0.2, 0.25) is 0 Å². The third kappa shape index (κ3) is 4.82. The largest absolute Gasteiger partial charge is 0.482 e. The average Bonchev–Trinajstić information content (AvgIpc) is 2.69. The van der Waals surface area contributed by atoms with Crippen molar-refractivity contribution in [2.24, 2.45) is 0 Å². The molecule has 0 aromatic heterocycles. The van der Waals surface area contributed by atoms with E-state index in [2.05, 4.69) is 5.32 Å². The Morgan fingerprint density at radius 1 is 0.852 bits per heavy atom. The fraction of sp³-hybridized carbons (Fsp3) is 0.130. The number of nitrogens with one attached hydrogen (secondary N) is 1. The molecule has 0 radical (unpaired) electrons. The number of hydrogen-bond acceptors (Lipinski definition) is 3. The zero-order valence-corrected chi connectivity index (χ0v) is 15.3. The molecule has 1 amide bonds. The van der Waals surface area contributed by atoms with Crippen LogP contribution in [0.5, 0.6) is 5.75 Å². The van der Waals surface area contributed by atoms with E-state index in [1.165, 1.54) is 0 Å². The number of aryl methyl sites for hydroxylation is 1. The van der Waals surface area contributed by atoms with Crippen molar-refractivity contribution in [3.63, 3.8) is 0 Å². The lowest BCUT2D eigenvalue weighted by atomic mass is 10.1. The predicted molar refractivity (Wildman–Crippen MR) is 106 cm³/mol. The highest BCUT2D eigenvalue weighted by Gasteiger charge is 2.17. The van der Waals surface area contributed by atoms with E-state index in [1.807, 2.05) is 37.3 Å². The standard InChI is InChI=1S/C23H21NO3/c1-16-11-13-18(14-12-16)22(25)17(2)27-21-10-6-9-20(15-21)24-23(26)19-7-4-3-5-8-19/h3-15,17H,1-2H3,(H,24,26)/t17-/m1/s1. The third-order valence-corrected chi connectivity index (χ3v) is 4.15. The summed E-state index contributed by atoms with van der Waals surface area (Å²) < 4.78 is 5.79. The van der Waals surface area contributed by atoms with Crippen LogP contribution in [0.3, 0.4) is 0 Å². The summed E-state index contributed by atoms with van der Waals surface area (Å²) in [5.74, 6) is 0.235. The minimum Gasteiger partial charge on any atom is -0.482 e. The van der Waals surface area contributed by atoms with Gasteiger partial charge in [-0.1, -0.05) is 54.1 Å². The van der Waals surface area contributed by atoms with Gasteiger partial charge < -0.3 is 10.1 Å². The fourth-order valence-corrected chi connectivity index (χ4v) is 2.65. The van der Waals surface area contributed by atoms with Gasteiger partial charge in [0.05, 0.1) is 0 Å². The molecule has 0 heterocycles. The lowest BCUT2D eigenvalue weighted by Gasteiger charge is -2.15. The maximum Gasteiger partial charge on any atom is 0.255 e. The van der Waals surface area contributed by atoms with Gasteiger partial charge in [-0.25, -0.2) is 0 Å². The van der Waals surface area contributed by atoms with Gasteiger partial charge >= 0.3 is 0 Å². The molecule has 0 saturated heterocycles. The smallest absolute Gasteiger partial charge is 0.255 e. The zero-order chi connectivity index (χ0) is 19.2. The van der Waals surface area contributed by atoms with Crippen LogP contribution in [0.4, 0.5) is 5.69 Å². The number of carbonyl (C=O) groups is 2. The van der Waals surface area contributed by atoms with Gasteiger partial charge in [0.2, 0.25) is 5.78 Å². The summed E-state index contributed by atoms with van der Waals surface area (Å²) in [5.41, 5.74) is 2.90. The first-order valence-electron chi connectivity index (χ1n) is 8.77. The number of carbonyl (C=O) groups excluding carboxylic acids is 2. The van der Waals surface area contributed by atoms with Gasteiger partial charge in [-0.15, -0.1) is 0 Å². The number of hydrogen-bond donors (Lipinski definition) is 1. The summed E-state index contributed by atoms with van der Waals surface area (Å²) in [6, 6.07) is 23.4. The van der Waals surface area contributed by atoms with Crippen LogP contribution in [0, 0.1) is 6.92 Å². The molecule has 0 bridgehead atoms. The normalized spacial score (nSPS) is 11.5. The molecule has 136 valence electrons. The molecule has 0 aliphatic rings. The summed E-state index contributed by atoms with van der Waals surface area (Å²) in [5, 5.41) is 2.84. The van der Waals surface area contributed by atoms with Gasteiger partial charge in [-0.05, 0) is 38.1 Å². The van der Waals surface area contributed by atoms with Gasteiger partial charge in [-0.3, -0.25) is 9.59 Å². The maximum absolute atomic E-state index is 12.5. The third-order valence-electron chi connectivity index (χ3n) is 4.15. The van der Waals surface area contributed by atoms with Gasteiger partial charge in [0, 0.05) is 22.9 Å². The summed E-state index contributed by atoms with van der Waals surface area (Å²) in [4.78, 5) is 24.8. The molecule has 0 unspecified atom stereocenters. The number of Topliss-reactive ketones (excluding diaryl/α,β-unsaturated/α-hetero) is 1. The molecule has 1 N–H and O–H groups in total. The van der Waals surface area contributed by atoms with E-state index in [1.54, 1.807) is 55.5 Å². The number of ether oxygens (including phenoxy) is 1. The van der Waals surface area contributed by atoms with Gasteiger partial charge in [0.1, 0.15) is 5.75 Å². The molecule has 0 spiro atoms. The molecule has 0 aliphatic carbocycles. The van der Waals surface area contributed by atoms with Crippen molar-refractivity contribution in [2.45, 2.75) is 20.0 Å². The highest BCUT2D eigenvalue weighted by Crippen LogP contribution is 2.20. The van der Waals surface area contributed by atoms with E-state index >= 15 is 0 Å². The Kier molecular flexibility index (Phi) is 5.67. The Labute approximate surface area is 158 Å². The lowest BCUT2D eigenvalue weighted by Crippen LogP contribution is -2.24. The Bertz CT molecular complexity index is 933. The highest BCUT2D eigenvalue weighted by atomic mass is 16.5. The Hall–Kier alpha value is -3.40. The van der Waals surface area contributed by atoms with Gasteiger partial charge in [0.15, 0.2) is 6.10 Å². The van der Waals surface area contributed by atoms with Crippen LogP contribution < -0.4 is 10.1 Å². The Balaban J connectivity index is 1.67. The molecular weight excluding hydrogens is 338 g/mol. The van der Waals surface area contributed by atoms with E-state index in [0.29, 0.717) is 22.6 Å². The molecule has 0 fully saturated rings. The molecule has 27 heavy (non-hydrogen) atoms. The summed E-state index contributed by atoms with van der Waals surface area (Å²) >= 11 is 0. The van der Waals surface area contributed by atoms with E-state index in [9.17, 15) is 9.59 Å². The van der Waals surface area contributed by atoms with Crippen LogP contribution in [-0.4, -0.2) is 17.8 Å². The molecule has 0 saturated carbocycles. The molecule has 1 atom stereocenters.